The van der Waals surface area contributed by atoms with Gasteiger partial charge in [0.2, 0.25) is 5.91 Å². The van der Waals surface area contributed by atoms with E-state index < -0.39 is 29.7 Å². The van der Waals surface area contributed by atoms with Gasteiger partial charge in [-0.25, -0.2) is 4.79 Å². The molecule has 0 bridgehead atoms. The highest BCUT2D eigenvalue weighted by molar-refractivity contribution is 5.86. The van der Waals surface area contributed by atoms with Gasteiger partial charge in [-0.3, -0.25) is 9.69 Å². The average Bonchev–Trinajstić information content (AvgIpc) is 3.07. The van der Waals surface area contributed by atoms with E-state index in [1.807, 2.05) is 106 Å². The van der Waals surface area contributed by atoms with Gasteiger partial charge < -0.3 is 20.5 Å². The average molecular weight is 636 g/mol. The molecule has 248 valence electrons. The molecule has 7 heteroatoms. The molecule has 0 aliphatic heterocycles. The number of hydrogen-bond donors (Lipinski definition) is 3. The minimum Gasteiger partial charge on any atom is -0.453 e. The van der Waals surface area contributed by atoms with E-state index in [-0.39, 0.29) is 11.9 Å². The molecule has 4 rings (SSSR count). The predicted molar refractivity (Wildman–Crippen MR) is 188 cm³/mol. The number of ether oxygens (including phenoxy) is 1. The van der Waals surface area contributed by atoms with E-state index in [4.69, 9.17) is 4.74 Å². The molecule has 0 aliphatic rings. The molecular formula is C40H49N3O4. The van der Waals surface area contributed by atoms with Crippen molar-refractivity contribution in [2.24, 2.45) is 5.41 Å². The first-order valence-electron chi connectivity index (χ1n) is 16.3. The highest BCUT2D eigenvalue weighted by Crippen LogP contribution is 2.24. The first kappa shape index (κ1) is 35.4. The van der Waals surface area contributed by atoms with Crippen LogP contribution in [0.1, 0.15) is 49.4 Å². The number of nitrogens with one attached hydrogen (secondary N) is 2. The van der Waals surface area contributed by atoms with Crippen LogP contribution in [-0.4, -0.2) is 53.3 Å². The Kier molecular flexibility index (Phi) is 13.1. The summed E-state index contributed by atoms with van der Waals surface area (Å²) in [6.07, 6.45) is 0.00214. The molecule has 3 N–H and O–H groups in total. The minimum absolute atomic E-state index is 0.264. The number of aliphatic hydroxyl groups is 1. The van der Waals surface area contributed by atoms with Crippen molar-refractivity contribution in [1.82, 2.24) is 15.5 Å². The molecule has 0 heterocycles. The highest BCUT2D eigenvalue weighted by Gasteiger charge is 2.36. The van der Waals surface area contributed by atoms with Crippen LogP contribution in [0.4, 0.5) is 4.79 Å². The van der Waals surface area contributed by atoms with Crippen molar-refractivity contribution in [3.63, 3.8) is 0 Å². The fraction of sp³-hybridized carbons (Fsp3) is 0.350. The monoisotopic (exact) mass is 635 g/mol. The second-order valence-corrected chi connectivity index (χ2v) is 13.3. The van der Waals surface area contributed by atoms with Gasteiger partial charge in [0.15, 0.2) is 0 Å². The van der Waals surface area contributed by atoms with Gasteiger partial charge in [0, 0.05) is 25.2 Å². The molecule has 47 heavy (non-hydrogen) atoms. The lowest BCUT2D eigenvalue weighted by molar-refractivity contribution is -0.126. The van der Waals surface area contributed by atoms with Crippen molar-refractivity contribution < 1.29 is 19.4 Å². The van der Waals surface area contributed by atoms with Crippen molar-refractivity contribution in [3.8, 4) is 0 Å². The Morgan fingerprint density at radius 3 is 1.53 bits per heavy atom. The summed E-state index contributed by atoms with van der Waals surface area (Å²) in [6, 6.07) is 39.3. The third kappa shape index (κ3) is 11.4. The Hall–Kier alpha value is -4.46. The third-order valence-corrected chi connectivity index (χ3v) is 8.43. The molecule has 0 fully saturated rings. The van der Waals surface area contributed by atoms with E-state index in [1.165, 1.54) is 7.11 Å². The molecule has 2 amide bonds. The largest absolute Gasteiger partial charge is 0.453 e. The van der Waals surface area contributed by atoms with E-state index in [0.717, 1.165) is 22.3 Å². The standard InChI is InChI=1S/C40H49N3O4/c1-40(2,3)37(42-39(46)47-4)38(45)41-34(25-30-17-9-5-10-18-30)27-36(44)35(26-31-19-11-6-12-20-31)43(28-32-21-13-7-14-22-32)29-33-23-15-8-16-24-33/h5-24,34-37,44H,25-29H2,1-4H3,(H,41,45)(H,42,46)/t34-,35-,36-,37+/m0/s1. The smallest absolute Gasteiger partial charge is 0.407 e. The topological polar surface area (TPSA) is 90.9 Å². The Balaban J connectivity index is 1.67. The molecule has 0 saturated heterocycles. The molecule has 0 saturated carbocycles. The lowest BCUT2D eigenvalue weighted by Gasteiger charge is -2.37. The van der Waals surface area contributed by atoms with Crippen LogP contribution in [0.3, 0.4) is 0 Å². The number of hydrogen-bond acceptors (Lipinski definition) is 5. The van der Waals surface area contributed by atoms with Crippen molar-refractivity contribution in [3.05, 3.63) is 144 Å². The molecule has 0 aromatic heterocycles. The summed E-state index contributed by atoms with van der Waals surface area (Å²) < 4.78 is 4.83. The van der Waals surface area contributed by atoms with E-state index in [1.54, 1.807) is 0 Å². The van der Waals surface area contributed by atoms with Gasteiger partial charge in [-0.05, 0) is 46.9 Å². The van der Waals surface area contributed by atoms with Gasteiger partial charge in [0.25, 0.3) is 0 Å². The maximum atomic E-state index is 13.8. The predicted octanol–water partition coefficient (Wildman–Crippen LogP) is 6.55. The number of alkyl carbamates (subject to hydrolysis) is 1. The maximum absolute atomic E-state index is 13.8. The Labute approximate surface area is 280 Å². The molecule has 4 aromatic rings. The Morgan fingerprint density at radius 2 is 1.11 bits per heavy atom. The molecule has 4 aromatic carbocycles. The number of benzene rings is 4. The van der Waals surface area contributed by atoms with Crippen LogP contribution in [0.15, 0.2) is 121 Å². The molecule has 7 nitrogen and oxygen atoms in total. The lowest BCUT2D eigenvalue weighted by Crippen LogP contribution is -2.56. The molecule has 0 unspecified atom stereocenters. The fourth-order valence-electron chi connectivity index (χ4n) is 5.97. The summed E-state index contributed by atoms with van der Waals surface area (Å²) in [4.78, 5) is 28.4. The zero-order valence-electron chi connectivity index (χ0n) is 28.0. The summed E-state index contributed by atoms with van der Waals surface area (Å²) in [7, 11) is 1.28. The number of amides is 2. The van der Waals surface area contributed by atoms with Gasteiger partial charge in [-0.15, -0.1) is 0 Å². The number of nitrogens with zero attached hydrogens (tertiary/aromatic N) is 1. The summed E-state index contributed by atoms with van der Waals surface area (Å²) in [6.45, 7) is 6.99. The van der Waals surface area contributed by atoms with Crippen molar-refractivity contribution in [2.75, 3.05) is 7.11 Å². The van der Waals surface area contributed by atoms with Crippen LogP contribution in [0, 0.1) is 5.41 Å². The Bertz CT molecular complexity index is 1450. The summed E-state index contributed by atoms with van der Waals surface area (Å²) in [5.41, 5.74) is 3.91. The van der Waals surface area contributed by atoms with Crippen molar-refractivity contribution >= 4 is 12.0 Å². The first-order valence-corrected chi connectivity index (χ1v) is 16.3. The molecular weight excluding hydrogens is 586 g/mol. The van der Waals surface area contributed by atoms with Gasteiger partial charge in [-0.2, -0.15) is 0 Å². The quantitative estimate of drug-likeness (QED) is 0.138. The Morgan fingerprint density at radius 1 is 0.681 bits per heavy atom. The number of aliphatic hydroxyl groups excluding tert-OH is 1. The van der Waals surface area contributed by atoms with Gasteiger partial charge >= 0.3 is 6.09 Å². The lowest BCUT2D eigenvalue weighted by atomic mass is 9.85. The van der Waals surface area contributed by atoms with E-state index >= 15 is 0 Å². The van der Waals surface area contributed by atoms with Gasteiger partial charge in [0.1, 0.15) is 6.04 Å². The fourth-order valence-corrected chi connectivity index (χ4v) is 5.97. The molecule has 0 aliphatic carbocycles. The first-order chi connectivity index (χ1) is 22.6. The number of methoxy groups -OCH3 is 1. The van der Waals surface area contributed by atoms with Crippen molar-refractivity contribution in [1.29, 1.82) is 0 Å². The summed E-state index contributed by atoms with van der Waals surface area (Å²) >= 11 is 0. The van der Waals surface area contributed by atoms with Gasteiger partial charge in [0.05, 0.1) is 13.2 Å². The highest BCUT2D eigenvalue weighted by atomic mass is 16.5. The van der Waals surface area contributed by atoms with Crippen molar-refractivity contribution in [2.45, 2.75) is 77.4 Å². The SMILES string of the molecule is COC(=O)N[C@H](C(=O)N[C@@H](Cc1ccccc1)C[C@H](O)[C@H](Cc1ccccc1)N(Cc1ccccc1)Cc1ccccc1)C(C)(C)C. The van der Waals surface area contributed by atoms with E-state index in [0.29, 0.717) is 32.4 Å². The molecule has 0 spiro atoms. The van der Waals surface area contributed by atoms with Crippen LogP contribution in [-0.2, 0) is 35.5 Å². The third-order valence-electron chi connectivity index (χ3n) is 8.43. The van der Waals surface area contributed by atoms with Crippen LogP contribution >= 0.6 is 0 Å². The normalized spacial score (nSPS) is 14.1. The zero-order chi connectivity index (χ0) is 33.6. The zero-order valence-corrected chi connectivity index (χ0v) is 28.0. The van der Waals surface area contributed by atoms with E-state index in [9.17, 15) is 14.7 Å². The molecule has 0 radical (unpaired) electrons. The molecule has 4 atom stereocenters. The maximum Gasteiger partial charge on any atom is 0.407 e. The van der Waals surface area contributed by atoms with Crippen LogP contribution in [0.5, 0.6) is 0 Å². The second kappa shape index (κ2) is 17.5. The number of carbonyl (C=O) groups is 2. The van der Waals surface area contributed by atoms with Crippen LogP contribution in [0.2, 0.25) is 0 Å². The second-order valence-electron chi connectivity index (χ2n) is 13.3. The van der Waals surface area contributed by atoms with Crippen LogP contribution in [0.25, 0.3) is 0 Å². The van der Waals surface area contributed by atoms with Crippen LogP contribution < -0.4 is 10.6 Å². The number of rotatable bonds is 15. The van der Waals surface area contributed by atoms with E-state index in [2.05, 4.69) is 51.9 Å². The number of carbonyl (C=O) groups excluding carboxylic acids is 2. The van der Waals surface area contributed by atoms with Gasteiger partial charge in [-0.1, -0.05) is 142 Å². The minimum atomic E-state index is -0.835. The summed E-state index contributed by atoms with van der Waals surface area (Å²) in [5, 5.41) is 18.2. The summed E-state index contributed by atoms with van der Waals surface area (Å²) in [5.74, 6) is -0.318.